The van der Waals surface area contributed by atoms with Crippen molar-refractivity contribution in [2.45, 2.75) is 56.4 Å². The van der Waals surface area contributed by atoms with E-state index in [-0.39, 0.29) is 11.7 Å². The lowest BCUT2D eigenvalue weighted by atomic mass is 9.58. The largest absolute Gasteiger partial charge is 0.573 e. The molecule has 0 aromatic heterocycles. The van der Waals surface area contributed by atoms with Gasteiger partial charge in [-0.3, -0.25) is 0 Å². The molecule has 2 saturated carbocycles. The first-order valence-corrected chi connectivity index (χ1v) is 8.11. The predicted molar refractivity (Wildman–Crippen MR) is 81.2 cm³/mol. The van der Waals surface area contributed by atoms with Crippen LogP contribution in [0.3, 0.4) is 0 Å². The monoisotopic (exact) mass is 343 g/mol. The van der Waals surface area contributed by atoms with Gasteiger partial charge in [-0.05, 0) is 49.8 Å². The number of nitrogens with zero attached hydrogens (tertiary/aromatic N) is 1. The summed E-state index contributed by atoms with van der Waals surface area (Å²) in [6, 6.07) is 5.75. The molecule has 2 atom stereocenters. The standard InChI is InChI=1S/C17H20F3NO3/c18-17(19,20)24-12-7-5-11(6-8-12)16(9-2-10-16)15(22)13-3-1-4-14(13)21-23/h5-8,13,15,22-23H,1-4,9-10H2/t13-,15+/m0/s1. The van der Waals surface area contributed by atoms with Gasteiger partial charge in [0.15, 0.2) is 0 Å². The van der Waals surface area contributed by atoms with Gasteiger partial charge in [-0.25, -0.2) is 0 Å². The highest BCUT2D eigenvalue weighted by Gasteiger charge is 2.49. The summed E-state index contributed by atoms with van der Waals surface area (Å²) in [5, 5.41) is 23.4. The first kappa shape index (κ1) is 17.1. The summed E-state index contributed by atoms with van der Waals surface area (Å²) in [6.07, 6.45) is -0.623. The Morgan fingerprint density at radius 3 is 2.33 bits per heavy atom. The quantitative estimate of drug-likeness (QED) is 0.642. The Kier molecular flexibility index (Phi) is 4.46. The molecule has 2 N–H and O–H groups in total. The van der Waals surface area contributed by atoms with E-state index in [1.807, 2.05) is 0 Å². The summed E-state index contributed by atoms with van der Waals surface area (Å²) in [5.74, 6) is -0.463. The van der Waals surface area contributed by atoms with Crippen LogP contribution in [0.25, 0.3) is 0 Å². The van der Waals surface area contributed by atoms with Gasteiger partial charge in [0.2, 0.25) is 0 Å². The Labute approximate surface area is 137 Å². The molecule has 0 spiro atoms. The SMILES string of the molecule is ON=C1CCC[C@@H]1[C@@H](O)C1(c2ccc(OC(F)(F)F)cc2)CCC1. The number of hydrogen-bond acceptors (Lipinski definition) is 4. The number of halogens is 3. The molecule has 0 heterocycles. The Balaban J connectivity index is 1.82. The third-order valence-electron chi connectivity index (χ3n) is 5.36. The zero-order valence-corrected chi connectivity index (χ0v) is 13.1. The Morgan fingerprint density at radius 2 is 1.83 bits per heavy atom. The maximum Gasteiger partial charge on any atom is 0.573 e. The highest BCUT2D eigenvalue weighted by molar-refractivity contribution is 5.88. The van der Waals surface area contributed by atoms with Gasteiger partial charge in [-0.1, -0.05) is 23.7 Å². The molecule has 0 amide bonds. The minimum Gasteiger partial charge on any atom is -0.411 e. The normalized spacial score (nSPS) is 26.2. The number of alkyl halides is 3. The van der Waals surface area contributed by atoms with Crippen molar-refractivity contribution in [1.82, 2.24) is 0 Å². The van der Waals surface area contributed by atoms with Crippen LogP contribution in [-0.4, -0.2) is 28.5 Å². The lowest BCUT2D eigenvalue weighted by Gasteiger charge is -2.48. The second-order valence-electron chi connectivity index (χ2n) is 6.62. The van der Waals surface area contributed by atoms with Gasteiger partial charge in [0, 0.05) is 11.3 Å². The van der Waals surface area contributed by atoms with Gasteiger partial charge in [0.1, 0.15) is 5.75 Å². The zero-order chi connectivity index (χ0) is 17.4. The Morgan fingerprint density at radius 1 is 1.17 bits per heavy atom. The van der Waals surface area contributed by atoms with E-state index < -0.39 is 17.9 Å². The van der Waals surface area contributed by atoms with Crippen molar-refractivity contribution in [3.63, 3.8) is 0 Å². The first-order chi connectivity index (χ1) is 11.4. The van der Waals surface area contributed by atoms with Crippen LogP contribution < -0.4 is 4.74 Å². The van der Waals surface area contributed by atoms with Gasteiger partial charge in [0.25, 0.3) is 0 Å². The van der Waals surface area contributed by atoms with E-state index in [0.717, 1.165) is 37.7 Å². The Bertz CT molecular complexity index is 609. The fraction of sp³-hybridized carbons (Fsp3) is 0.588. The molecule has 1 aromatic carbocycles. The topological polar surface area (TPSA) is 62.1 Å². The number of oxime groups is 1. The van der Waals surface area contributed by atoms with Crippen LogP contribution in [0, 0.1) is 5.92 Å². The van der Waals surface area contributed by atoms with Crippen molar-refractivity contribution >= 4 is 5.71 Å². The van der Waals surface area contributed by atoms with E-state index in [0.29, 0.717) is 12.1 Å². The fourth-order valence-electron chi connectivity index (χ4n) is 4.01. The molecule has 0 bridgehead atoms. The summed E-state index contributed by atoms with van der Waals surface area (Å²) in [5.41, 5.74) is 0.938. The summed E-state index contributed by atoms with van der Waals surface area (Å²) >= 11 is 0. The molecule has 2 fully saturated rings. The molecule has 7 heteroatoms. The molecule has 2 aliphatic rings. The average Bonchev–Trinajstić information content (AvgIpc) is 2.94. The molecule has 3 rings (SSSR count). The van der Waals surface area contributed by atoms with E-state index in [9.17, 15) is 18.3 Å². The van der Waals surface area contributed by atoms with E-state index in [1.165, 1.54) is 12.1 Å². The minimum atomic E-state index is -4.72. The number of benzene rings is 1. The van der Waals surface area contributed by atoms with Crippen molar-refractivity contribution in [3.05, 3.63) is 29.8 Å². The van der Waals surface area contributed by atoms with Crippen molar-refractivity contribution < 1.29 is 28.2 Å². The first-order valence-electron chi connectivity index (χ1n) is 8.11. The zero-order valence-electron chi connectivity index (χ0n) is 13.1. The van der Waals surface area contributed by atoms with Crippen molar-refractivity contribution in [2.24, 2.45) is 11.1 Å². The van der Waals surface area contributed by atoms with Gasteiger partial charge >= 0.3 is 6.36 Å². The molecule has 2 aliphatic carbocycles. The maximum atomic E-state index is 12.3. The molecule has 0 unspecified atom stereocenters. The number of hydrogen-bond donors (Lipinski definition) is 2. The molecule has 0 saturated heterocycles. The van der Waals surface area contributed by atoms with E-state index in [1.54, 1.807) is 12.1 Å². The van der Waals surface area contributed by atoms with Gasteiger partial charge in [-0.15, -0.1) is 13.2 Å². The van der Waals surface area contributed by atoms with E-state index >= 15 is 0 Å². The summed E-state index contributed by atoms with van der Waals surface area (Å²) in [6.45, 7) is 0. The molecular weight excluding hydrogens is 323 g/mol. The predicted octanol–water partition coefficient (Wildman–Crippen LogP) is 4.00. The lowest BCUT2D eigenvalue weighted by Crippen LogP contribution is -2.50. The van der Waals surface area contributed by atoms with Crippen LogP contribution in [0.5, 0.6) is 5.75 Å². The fourth-order valence-corrected chi connectivity index (χ4v) is 4.01. The number of aliphatic hydroxyl groups excluding tert-OH is 1. The van der Waals surface area contributed by atoms with Crippen LogP contribution in [0.15, 0.2) is 29.4 Å². The third-order valence-corrected chi connectivity index (χ3v) is 5.36. The summed E-state index contributed by atoms with van der Waals surface area (Å²) in [4.78, 5) is 0. The van der Waals surface area contributed by atoms with Gasteiger partial charge < -0.3 is 15.1 Å². The molecule has 4 nitrogen and oxygen atoms in total. The maximum absolute atomic E-state index is 12.3. The average molecular weight is 343 g/mol. The number of ether oxygens (including phenoxy) is 1. The number of rotatable bonds is 4. The smallest absolute Gasteiger partial charge is 0.411 e. The Hall–Kier alpha value is -1.76. The van der Waals surface area contributed by atoms with Crippen molar-refractivity contribution in [1.29, 1.82) is 0 Å². The molecular formula is C17H20F3NO3. The molecule has 24 heavy (non-hydrogen) atoms. The highest BCUT2D eigenvalue weighted by Crippen LogP contribution is 2.50. The lowest BCUT2D eigenvalue weighted by molar-refractivity contribution is -0.274. The molecule has 0 aliphatic heterocycles. The molecule has 1 aromatic rings. The van der Waals surface area contributed by atoms with Crippen molar-refractivity contribution in [2.75, 3.05) is 0 Å². The second-order valence-corrected chi connectivity index (χ2v) is 6.62. The van der Waals surface area contributed by atoms with Crippen LogP contribution in [-0.2, 0) is 5.41 Å². The second kappa shape index (κ2) is 6.27. The molecule has 132 valence electrons. The van der Waals surface area contributed by atoms with Crippen LogP contribution in [0.4, 0.5) is 13.2 Å². The van der Waals surface area contributed by atoms with E-state index in [4.69, 9.17) is 5.21 Å². The van der Waals surface area contributed by atoms with E-state index in [2.05, 4.69) is 9.89 Å². The van der Waals surface area contributed by atoms with Gasteiger partial charge in [-0.2, -0.15) is 0 Å². The van der Waals surface area contributed by atoms with Crippen LogP contribution in [0.2, 0.25) is 0 Å². The summed E-state index contributed by atoms with van der Waals surface area (Å²) < 4.78 is 40.7. The van der Waals surface area contributed by atoms with Crippen LogP contribution in [0.1, 0.15) is 44.1 Å². The molecule has 0 radical (unpaired) electrons. The van der Waals surface area contributed by atoms with Crippen LogP contribution >= 0.6 is 0 Å². The summed E-state index contributed by atoms with van der Waals surface area (Å²) in [7, 11) is 0. The minimum absolute atomic E-state index is 0.193. The van der Waals surface area contributed by atoms with Crippen molar-refractivity contribution in [3.8, 4) is 5.75 Å². The third kappa shape index (κ3) is 3.09. The highest BCUT2D eigenvalue weighted by atomic mass is 19.4. The number of aliphatic hydroxyl groups is 1. The van der Waals surface area contributed by atoms with Gasteiger partial charge in [0.05, 0.1) is 11.8 Å².